The molecule has 0 aromatic carbocycles. The minimum atomic E-state index is -1.34. The Labute approximate surface area is 131 Å². The molecule has 3 heterocycles. The SMILES string of the molecule is O=c1[nH]c(=O)n(C2CCNCC2)cc1[C@@H]1O[C@H](CO)[C@@H](O)[C@H]1O. The van der Waals surface area contributed by atoms with Crippen LogP contribution in [-0.4, -0.2) is 62.9 Å². The van der Waals surface area contributed by atoms with E-state index in [-0.39, 0.29) is 11.6 Å². The summed E-state index contributed by atoms with van der Waals surface area (Å²) < 4.78 is 6.84. The molecule has 2 saturated heterocycles. The third-order valence-corrected chi connectivity index (χ3v) is 4.55. The molecule has 1 aromatic heterocycles. The summed E-state index contributed by atoms with van der Waals surface area (Å²) in [5, 5.41) is 32.2. The van der Waals surface area contributed by atoms with Crippen molar-refractivity contribution in [2.24, 2.45) is 0 Å². The van der Waals surface area contributed by atoms with Crippen molar-refractivity contribution in [2.45, 2.75) is 43.3 Å². The number of aliphatic hydroxyl groups is 3. The van der Waals surface area contributed by atoms with Crippen molar-refractivity contribution in [2.75, 3.05) is 19.7 Å². The van der Waals surface area contributed by atoms with Crippen LogP contribution in [0.2, 0.25) is 0 Å². The first-order chi connectivity index (χ1) is 11.0. The minimum Gasteiger partial charge on any atom is -0.394 e. The molecular weight excluding hydrogens is 306 g/mol. The fourth-order valence-electron chi connectivity index (χ4n) is 3.22. The van der Waals surface area contributed by atoms with Gasteiger partial charge in [-0.25, -0.2) is 4.79 Å². The van der Waals surface area contributed by atoms with Crippen molar-refractivity contribution in [3.63, 3.8) is 0 Å². The molecule has 9 nitrogen and oxygen atoms in total. The highest BCUT2D eigenvalue weighted by Crippen LogP contribution is 2.32. The summed E-state index contributed by atoms with van der Waals surface area (Å²) >= 11 is 0. The Bertz CT molecular complexity index is 665. The fourth-order valence-corrected chi connectivity index (χ4v) is 3.22. The lowest BCUT2D eigenvalue weighted by Crippen LogP contribution is -2.39. The molecule has 0 saturated carbocycles. The van der Waals surface area contributed by atoms with E-state index in [2.05, 4.69) is 10.3 Å². The molecule has 3 rings (SSSR count). The van der Waals surface area contributed by atoms with Gasteiger partial charge in [-0.1, -0.05) is 0 Å². The molecule has 0 unspecified atom stereocenters. The molecule has 5 N–H and O–H groups in total. The third-order valence-electron chi connectivity index (χ3n) is 4.55. The number of H-pyrrole nitrogens is 1. The number of piperidine rings is 1. The molecule has 128 valence electrons. The summed E-state index contributed by atoms with van der Waals surface area (Å²) in [4.78, 5) is 26.4. The van der Waals surface area contributed by atoms with E-state index in [1.807, 2.05) is 0 Å². The molecular formula is C14H21N3O6. The molecule has 2 aliphatic heterocycles. The van der Waals surface area contributed by atoms with Crippen LogP contribution in [0, 0.1) is 0 Å². The van der Waals surface area contributed by atoms with Crippen LogP contribution in [0.1, 0.15) is 30.6 Å². The average molecular weight is 327 g/mol. The lowest BCUT2D eigenvalue weighted by atomic mass is 10.0. The maximum absolute atomic E-state index is 12.1. The smallest absolute Gasteiger partial charge is 0.328 e. The summed E-state index contributed by atoms with van der Waals surface area (Å²) in [6.45, 7) is 1.08. The van der Waals surface area contributed by atoms with Crippen molar-refractivity contribution in [1.82, 2.24) is 14.9 Å². The molecule has 4 atom stereocenters. The molecule has 2 fully saturated rings. The third kappa shape index (κ3) is 2.98. The summed E-state index contributed by atoms with van der Waals surface area (Å²) in [6.07, 6.45) is -1.77. The van der Waals surface area contributed by atoms with E-state index < -0.39 is 42.3 Å². The monoisotopic (exact) mass is 327 g/mol. The zero-order valence-electron chi connectivity index (χ0n) is 12.5. The van der Waals surface area contributed by atoms with E-state index in [0.29, 0.717) is 0 Å². The molecule has 2 aliphatic rings. The number of ether oxygens (including phenoxy) is 1. The predicted octanol–water partition coefficient (Wildman–Crippen LogP) is -2.38. The van der Waals surface area contributed by atoms with Crippen LogP contribution in [0.25, 0.3) is 0 Å². The highest BCUT2D eigenvalue weighted by atomic mass is 16.6. The van der Waals surface area contributed by atoms with Gasteiger partial charge in [0.1, 0.15) is 24.4 Å². The van der Waals surface area contributed by atoms with Crippen LogP contribution >= 0.6 is 0 Å². The Morgan fingerprint density at radius 3 is 2.52 bits per heavy atom. The summed E-state index contributed by atoms with van der Waals surface area (Å²) in [5.74, 6) is 0. The molecule has 0 amide bonds. The van der Waals surface area contributed by atoms with E-state index in [1.54, 1.807) is 0 Å². The van der Waals surface area contributed by atoms with Crippen molar-refractivity contribution in [3.8, 4) is 0 Å². The van der Waals surface area contributed by atoms with Gasteiger partial charge >= 0.3 is 5.69 Å². The fraction of sp³-hybridized carbons (Fsp3) is 0.714. The van der Waals surface area contributed by atoms with Gasteiger partial charge in [0.25, 0.3) is 5.56 Å². The van der Waals surface area contributed by atoms with Crippen LogP contribution in [0.5, 0.6) is 0 Å². The lowest BCUT2D eigenvalue weighted by molar-refractivity contribution is -0.0234. The normalized spacial score (nSPS) is 32.3. The maximum atomic E-state index is 12.1. The Morgan fingerprint density at radius 1 is 1.22 bits per heavy atom. The molecule has 0 radical (unpaired) electrons. The van der Waals surface area contributed by atoms with E-state index in [4.69, 9.17) is 9.84 Å². The van der Waals surface area contributed by atoms with Gasteiger partial charge in [0, 0.05) is 12.2 Å². The topological polar surface area (TPSA) is 137 Å². The largest absolute Gasteiger partial charge is 0.394 e. The molecule has 9 heteroatoms. The first kappa shape index (κ1) is 16.3. The number of aromatic amines is 1. The predicted molar refractivity (Wildman–Crippen MR) is 79.2 cm³/mol. The molecule has 23 heavy (non-hydrogen) atoms. The number of nitrogens with zero attached hydrogens (tertiary/aromatic N) is 1. The Morgan fingerprint density at radius 2 is 1.91 bits per heavy atom. The van der Waals surface area contributed by atoms with E-state index in [1.165, 1.54) is 10.8 Å². The van der Waals surface area contributed by atoms with Gasteiger partial charge < -0.3 is 25.4 Å². The standard InChI is InChI=1S/C14H21N3O6/c18-6-9-10(19)11(20)12(23-9)8-5-17(14(22)16-13(8)21)7-1-3-15-4-2-7/h5,7,9-12,15,18-20H,1-4,6H2,(H,16,21,22)/t9-,10-,11-,12+/m1/s1. The molecule has 0 spiro atoms. The molecule has 1 aromatic rings. The lowest BCUT2D eigenvalue weighted by Gasteiger charge is -2.25. The average Bonchev–Trinajstić information content (AvgIpc) is 2.84. The van der Waals surface area contributed by atoms with Crippen molar-refractivity contribution >= 4 is 0 Å². The van der Waals surface area contributed by atoms with Crippen LogP contribution in [-0.2, 0) is 4.74 Å². The second-order valence-corrected chi connectivity index (χ2v) is 5.99. The van der Waals surface area contributed by atoms with Gasteiger partial charge in [0.15, 0.2) is 0 Å². The van der Waals surface area contributed by atoms with Crippen LogP contribution < -0.4 is 16.6 Å². The number of aromatic nitrogens is 2. The second-order valence-electron chi connectivity index (χ2n) is 5.99. The number of hydrogen-bond donors (Lipinski definition) is 5. The zero-order chi connectivity index (χ0) is 16.6. The Hall–Kier alpha value is -1.52. The van der Waals surface area contributed by atoms with E-state index >= 15 is 0 Å². The number of rotatable bonds is 3. The second kappa shape index (κ2) is 6.54. The summed E-state index contributed by atoms with van der Waals surface area (Å²) in [7, 11) is 0. The Balaban J connectivity index is 1.96. The quantitative estimate of drug-likeness (QED) is 0.418. The van der Waals surface area contributed by atoms with Crippen LogP contribution in [0.3, 0.4) is 0 Å². The van der Waals surface area contributed by atoms with E-state index in [0.717, 1.165) is 25.9 Å². The minimum absolute atomic E-state index is 0.0449. The highest BCUT2D eigenvalue weighted by Gasteiger charge is 2.44. The maximum Gasteiger partial charge on any atom is 0.328 e. The van der Waals surface area contributed by atoms with Gasteiger partial charge in [-0.3, -0.25) is 14.3 Å². The van der Waals surface area contributed by atoms with Gasteiger partial charge in [-0.05, 0) is 25.9 Å². The first-order valence-electron chi connectivity index (χ1n) is 7.71. The summed E-state index contributed by atoms with van der Waals surface area (Å²) in [6, 6.07) is -0.0449. The van der Waals surface area contributed by atoms with Crippen LogP contribution in [0.15, 0.2) is 15.8 Å². The molecule has 0 aliphatic carbocycles. The van der Waals surface area contributed by atoms with Gasteiger partial charge in [-0.2, -0.15) is 0 Å². The van der Waals surface area contributed by atoms with Crippen molar-refractivity contribution in [3.05, 3.63) is 32.6 Å². The Kier molecular flexibility index (Phi) is 4.64. The number of aliphatic hydroxyl groups excluding tert-OH is 3. The van der Waals surface area contributed by atoms with Gasteiger partial charge in [0.05, 0.1) is 12.2 Å². The van der Waals surface area contributed by atoms with Crippen molar-refractivity contribution in [1.29, 1.82) is 0 Å². The zero-order valence-corrected chi connectivity index (χ0v) is 12.5. The highest BCUT2D eigenvalue weighted by molar-refractivity contribution is 5.15. The number of hydrogen-bond acceptors (Lipinski definition) is 7. The van der Waals surface area contributed by atoms with Crippen molar-refractivity contribution < 1.29 is 20.1 Å². The summed E-state index contributed by atoms with van der Waals surface area (Å²) in [5.41, 5.74) is -1.09. The first-order valence-corrected chi connectivity index (χ1v) is 7.71. The van der Waals surface area contributed by atoms with Gasteiger partial charge in [0.2, 0.25) is 0 Å². The van der Waals surface area contributed by atoms with Gasteiger partial charge in [-0.15, -0.1) is 0 Å². The van der Waals surface area contributed by atoms with E-state index in [9.17, 15) is 19.8 Å². The molecule has 0 bridgehead atoms. The van der Waals surface area contributed by atoms with Crippen LogP contribution in [0.4, 0.5) is 0 Å². The number of nitrogens with one attached hydrogen (secondary N) is 2.